The predicted octanol–water partition coefficient (Wildman–Crippen LogP) is 0.416. The van der Waals surface area contributed by atoms with Crippen LogP contribution in [-0.4, -0.2) is 16.1 Å². The minimum absolute atomic E-state index is 0.0411. The zero-order valence-corrected chi connectivity index (χ0v) is 7.86. The average molecular weight is 195 g/mol. The first-order valence-electron chi connectivity index (χ1n) is 4.30. The predicted molar refractivity (Wildman–Crippen MR) is 52.0 cm³/mol. The summed E-state index contributed by atoms with van der Waals surface area (Å²) in [5, 5.41) is 3.11. The lowest BCUT2D eigenvalue weighted by Gasteiger charge is -2.06. The maximum atomic E-state index is 11.5. The fraction of sp³-hybridized carbons (Fsp3) is 0.500. The Morgan fingerprint density at radius 2 is 2.38 bits per heavy atom. The molecule has 3 heterocycles. The summed E-state index contributed by atoms with van der Waals surface area (Å²) >= 11 is 1.79. The Labute approximate surface area is 79.4 Å². The Hall–Kier alpha value is -0.970. The minimum atomic E-state index is -0.0411. The number of rotatable bonds is 0. The molecule has 0 radical (unpaired) electrons. The lowest BCUT2D eigenvalue weighted by molar-refractivity contribution is 0.748. The molecule has 4 nitrogen and oxygen atoms in total. The molecule has 0 bridgehead atoms. The lowest BCUT2D eigenvalue weighted by atomic mass is 10.2. The molecular formula is C8H9N3OS. The van der Waals surface area contributed by atoms with Crippen molar-refractivity contribution in [1.29, 1.82) is 0 Å². The van der Waals surface area contributed by atoms with Crippen LogP contribution in [0.15, 0.2) is 4.79 Å². The second-order valence-electron chi connectivity index (χ2n) is 3.24. The maximum Gasteiger partial charge on any atom is 0.278 e. The van der Waals surface area contributed by atoms with Gasteiger partial charge in [0.05, 0.1) is 0 Å². The van der Waals surface area contributed by atoms with Gasteiger partial charge in [0.2, 0.25) is 5.95 Å². The van der Waals surface area contributed by atoms with Gasteiger partial charge in [0.15, 0.2) is 0 Å². The Morgan fingerprint density at radius 1 is 1.46 bits per heavy atom. The van der Waals surface area contributed by atoms with E-state index in [0.717, 1.165) is 36.1 Å². The van der Waals surface area contributed by atoms with Gasteiger partial charge in [-0.3, -0.25) is 4.79 Å². The highest BCUT2D eigenvalue weighted by molar-refractivity contribution is 7.98. The number of nitrogens with zero attached hydrogens (tertiary/aromatic N) is 2. The molecular weight excluding hydrogens is 186 g/mol. The van der Waals surface area contributed by atoms with Crippen molar-refractivity contribution >= 4 is 17.7 Å². The van der Waals surface area contributed by atoms with E-state index in [9.17, 15) is 4.79 Å². The fourth-order valence-electron chi connectivity index (χ4n) is 1.85. The third-order valence-corrected chi connectivity index (χ3v) is 3.47. The fourth-order valence-corrected chi connectivity index (χ4v) is 2.97. The van der Waals surface area contributed by atoms with Crippen LogP contribution in [0.5, 0.6) is 0 Å². The van der Waals surface area contributed by atoms with Crippen molar-refractivity contribution in [3.8, 4) is 0 Å². The van der Waals surface area contributed by atoms with E-state index >= 15 is 0 Å². The van der Waals surface area contributed by atoms with Crippen LogP contribution in [-0.2, 0) is 18.1 Å². The van der Waals surface area contributed by atoms with Gasteiger partial charge in [-0.1, -0.05) is 0 Å². The summed E-state index contributed by atoms with van der Waals surface area (Å²) in [6, 6.07) is 0. The summed E-state index contributed by atoms with van der Waals surface area (Å²) < 4.78 is 2.14. The molecule has 0 fully saturated rings. The van der Waals surface area contributed by atoms with Gasteiger partial charge >= 0.3 is 0 Å². The van der Waals surface area contributed by atoms with Crippen LogP contribution in [0.25, 0.3) is 0 Å². The molecule has 0 atom stereocenters. The number of anilines is 1. The third kappa shape index (κ3) is 0.934. The Bertz CT molecular complexity index is 426. The van der Waals surface area contributed by atoms with E-state index in [0.29, 0.717) is 0 Å². The largest absolute Gasteiger partial charge is 0.354 e. The molecule has 1 N–H and O–H groups in total. The molecule has 13 heavy (non-hydrogen) atoms. The molecule has 0 saturated carbocycles. The Balaban J connectivity index is 2.34. The number of nitrogens with one attached hydrogen (secondary N) is 1. The molecule has 5 heteroatoms. The van der Waals surface area contributed by atoms with E-state index in [1.807, 2.05) is 0 Å². The summed E-state index contributed by atoms with van der Waals surface area (Å²) in [5.74, 6) is 2.55. The standard InChI is InChI=1S/C8H9N3OS/c12-7-5-3-13-4-6(5)11-2-1-9-8(11)10-7/h1-4H2,(H,9,10,12). The molecule has 1 aromatic rings. The van der Waals surface area contributed by atoms with Crippen molar-refractivity contribution in [2.45, 2.75) is 18.1 Å². The van der Waals surface area contributed by atoms with Gasteiger partial charge in [-0.25, -0.2) is 0 Å². The van der Waals surface area contributed by atoms with Crippen molar-refractivity contribution in [2.24, 2.45) is 0 Å². The molecule has 68 valence electrons. The molecule has 0 spiro atoms. The third-order valence-electron chi connectivity index (χ3n) is 2.50. The molecule has 0 aromatic carbocycles. The molecule has 0 saturated heterocycles. The first kappa shape index (κ1) is 7.44. The first-order valence-corrected chi connectivity index (χ1v) is 5.46. The first-order chi connectivity index (χ1) is 6.36. The van der Waals surface area contributed by atoms with Gasteiger partial charge in [0.1, 0.15) is 0 Å². The van der Waals surface area contributed by atoms with Crippen LogP contribution < -0.4 is 10.9 Å². The van der Waals surface area contributed by atoms with Gasteiger partial charge in [-0.05, 0) is 0 Å². The van der Waals surface area contributed by atoms with Gasteiger partial charge in [0, 0.05) is 35.9 Å². The van der Waals surface area contributed by atoms with E-state index in [1.54, 1.807) is 11.8 Å². The second-order valence-corrected chi connectivity index (χ2v) is 4.22. The van der Waals surface area contributed by atoms with Crippen molar-refractivity contribution in [3.63, 3.8) is 0 Å². The smallest absolute Gasteiger partial charge is 0.278 e. The molecule has 0 unspecified atom stereocenters. The topological polar surface area (TPSA) is 46.9 Å². The maximum absolute atomic E-state index is 11.5. The summed E-state index contributed by atoms with van der Waals surface area (Å²) in [6.07, 6.45) is 0. The van der Waals surface area contributed by atoms with Crippen molar-refractivity contribution < 1.29 is 0 Å². The minimum Gasteiger partial charge on any atom is -0.354 e. The molecule has 0 amide bonds. The van der Waals surface area contributed by atoms with Crippen molar-refractivity contribution in [2.75, 3.05) is 11.9 Å². The van der Waals surface area contributed by atoms with Gasteiger partial charge in [-0.15, -0.1) is 0 Å². The number of hydrogen-bond donors (Lipinski definition) is 1. The van der Waals surface area contributed by atoms with Crippen molar-refractivity contribution in [1.82, 2.24) is 9.55 Å². The van der Waals surface area contributed by atoms with E-state index in [4.69, 9.17) is 0 Å². The van der Waals surface area contributed by atoms with Crippen LogP contribution in [0.1, 0.15) is 11.3 Å². The highest BCUT2D eigenvalue weighted by Gasteiger charge is 2.23. The van der Waals surface area contributed by atoms with E-state index in [2.05, 4.69) is 14.9 Å². The lowest BCUT2D eigenvalue weighted by Crippen LogP contribution is -2.18. The Morgan fingerprint density at radius 3 is 3.31 bits per heavy atom. The number of hydrogen-bond acceptors (Lipinski definition) is 4. The van der Waals surface area contributed by atoms with Crippen LogP contribution >= 0.6 is 11.8 Å². The normalized spacial score (nSPS) is 18.2. The van der Waals surface area contributed by atoms with Gasteiger partial charge in [0.25, 0.3) is 5.56 Å². The molecule has 0 aliphatic carbocycles. The Kier molecular flexibility index (Phi) is 1.44. The quantitative estimate of drug-likeness (QED) is 0.651. The monoisotopic (exact) mass is 195 g/mol. The highest BCUT2D eigenvalue weighted by Crippen LogP contribution is 2.29. The SMILES string of the molecule is O=c1nc2n(c3c1CSC3)CCN2. The average Bonchev–Trinajstić information content (AvgIpc) is 2.66. The zero-order valence-electron chi connectivity index (χ0n) is 7.04. The number of aromatic nitrogens is 2. The number of thioether (sulfide) groups is 1. The highest BCUT2D eigenvalue weighted by atomic mass is 32.2. The molecule has 2 aliphatic heterocycles. The van der Waals surface area contributed by atoms with E-state index in [-0.39, 0.29) is 5.56 Å². The van der Waals surface area contributed by atoms with Crippen LogP contribution in [0.4, 0.5) is 5.95 Å². The van der Waals surface area contributed by atoms with Crippen molar-refractivity contribution in [3.05, 3.63) is 21.6 Å². The molecule has 2 aliphatic rings. The van der Waals surface area contributed by atoms with E-state index < -0.39 is 0 Å². The zero-order chi connectivity index (χ0) is 8.84. The number of fused-ring (bicyclic) bond motifs is 3. The van der Waals surface area contributed by atoms with E-state index in [1.165, 1.54) is 5.69 Å². The second kappa shape index (κ2) is 2.51. The summed E-state index contributed by atoms with van der Waals surface area (Å²) in [4.78, 5) is 15.5. The van der Waals surface area contributed by atoms with Gasteiger partial charge in [-0.2, -0.15) is 16.7 Å². The van der Waals surface area contributed by atoms with Crippen LogP contribution in [0.3, 0.4) is 0 Å². The molecule has 1 aromatic heterocycles. The molecule has 3 rings (SSSR count). The van der Waals surface area contributed by atoms with Gasteiger partial charge < -0.3 is 9.88 Å². The summed E-state index contributed by atoms with van der Waals surface area (Å²) in [6.45, 7) is 1.85. The summed E-state index contributed by atoms with van der Waals surface area (Å²) in [5.41, 5.74) is 2.06. The summed E-state index contributed by atoms with van der Waals surface area (Å²) in [7, 11) is 0. The van der Waals surface area contributed by atoms with Crippen LogP contribution in [0, 0.1) is 0 Å². The van der Waals surface area contributed by atoms with Crippen LogP contribution in [0.2, 0.25) is 0 Å².